The molecule has 1 aliphatic heterocycles. The Balaban J connectivity index is 0.000000607. The summed E-state index contributed by atoms with van der Waals surface area (Å²) in [7, 11) is 0. The van der Waals surface area contributed by atoms with Gasteiger partial charge in [-0.3, -0.25) is 0 Å². The molecule has 0 aliphatic carbocycles. The van der Waals surface area contributed by atoms with Gasteiger partial charge >= 0.3 is 82.7 Å². The van der Waals surface area contributed by atoms with E-state index in [1.54, 1.807) is 0 Å². The molecule has 1 unspecified atom stereocenters. The third-order valence-corrected chi connectivity index (χ3v) is 6.23. The number of nitrogens with one attached hydrogen (secondary N) is 1. The van der Waals surface area contributed by atoms with Crippen LogP contribution in [-0.2, 0) is 24.3 Å². The molecule has 0 spiro atoms. The molecule has 2 aromatic rings. The predicted octanol–water partition coefficient (Wildman–Crippen LogP) is 0.576. The van der Waals surface area contributed by atoms with Gasteiger partial charge in [0.05, 0.1) is 0 Å². The predicted molar refractivity (Wildman–Crippen MR) is 126 cm³/mol. The minimum atomic E-state index is 0. The van der Waals surface area contributed by atoms with E-state index < -0.39 is 0 Å². The van der Waals surface area contributed by atoms with Crippen LogP contribution < -0.4 is 34.9 Å². The van der Waals surface area contributed by atoms with Crippen molar-refractivity contribution in [3.05, 3.63) is 64.7 Å². The van der Waals surface area contributed by atoms with Crippen molar-refractivity contribution in [2.45, 2.75) is 85.9 Å². The summed E-state index contributed by atoms with van der Waals surface area (Å²) in [6, 6.07) is 15.2. The standard InChI is InChI=1S/C17H27N.C10H12O.2ClH.Ru/c1-7-13-10-8-9-12(2)14(13)15-16(3,4)11-17(5,6)18-15;1-8(2)11-10-7-5-4-6-9(10)3;;;/h8-10,15,18H,7,11H2,1-6H3;3-8H,1-2H3;2*1H;/q;;;;+2/p-2. The third kappa shape index (κ3) is 8.25. The first-order valence-corrected chi connectivity index (χ1v) is 12.0. The largest absolute Gasteiger partial charge is 1.00 e. The number of hydrogen-bond acceptors (Lipinski definition) is 2. The third-order valence-electron chi connectivity index (χ3n) is 5.69. The molecule has 0 bridgehead atoms. The Morgan fingerprint density at radius 1 is 1.06 bits per heavy atom. The molecule has 1 N–H and O–H groups in total. The first kappa shape index (κ1) is 31.3. The van der Waals surface area contributed by atoms with Gasteiger partial charge < -0.3 is 30.1 Å². The molecule has 0 amide bonds. The summed E-state index contributed by atoms with van der Waals surface area (Å²) >= 11 is 2.49. The number of para-hydroxylation sites is 1. The number of rotatable bonds is 5. The Morgan fingerprint density at radius 2 is 1.69 bits per heavy atom. The van der Waals surface area contributed by atoms with Crippen molar-refractivity contribution in [3.63, 3.8) is 0 Å². The average Bonchev–Trinajstić information content (AvgIpc) is 2.88. The van der Waals surface area contributed by atoms with Gasteiger partial charge in [-0.15, -0.1) is 0 Å². The summed E-state index contributed by atoms with van der Waals surface area (Å²) in [5, 5.41) is 3.85. The van der Waals surface area contributed by atoms with Crippen molar-refractivity contribution in [1.82, 2.24) is 5.32 Å². The van der Waals surface area contributed by atoms with Crippen molar-refractivity contribution in [1.29, 1.82) is 0 Å². The molecule has 0 aromatic heterocycles. The van der Waals surface area contributed by atoms with Gasteiger partial charge in [0, 0.05) is 11.6 Å². The Kier molecular flexibility index (Phi) is 12.9. The molecular formula is C27H39Cl2NORu. The van der Waals surface area contributed by atoms with Crippen molar-refractivity contribution in [2.75, 3.05) is 0 Å². The van der Waals surface area contributed by atoms with Crippen molar-refractivity contribution in [2.24, 2.45) is 5.41 Å². The molecule has 1 saturated heterocycles. The van der Waals surface area contributed by atoms with Gasteiger partial charge in [-0.1, -0.05) is 39.0 Å². The van der Waals surface area contributed by atoms with E-state index in [1.165, 1.54) is 23.1 Å². The summed E-state index contributed by atoms with van der Waals surface area (Å²) in [4.78, 5) is 0. The zero-order valence-electron chi connectivity index (χ0n) is 20.7. The van der Waals surface area contributed by atoms with Crippen LogP contribution in [0.1, 0.15) is 83.2 Å². The van der Waals surface area contributed by atoms with E-state index in [4.69, 9.17) is 4.74 Å². The Hall–Kier alpha value is -0.727. The van der Waals surface area contributed by atoms with E-state index in [0.29, 0.717) is 11.5 Å². The average molecular weight is 566 g/mol. The molecule has 0 saturated carbocycles. The van der Waals surface area contributed by atoms with Crippen molar-refractivity contribution in [3.8, 4) is 5.75 Å². The second kappa shape index (κ2) is 13.2. The maximum atomic E-state index is 5.59. The van der Waals surface area contributed by atoms with Crippen LogP contribution in [0, 0.1) is 12.3 Å². The van der Waals surface area contributed by atoms with Gasteiger partial charge in [0.25, 0.3) is 0 Å². The molecule has 1 aliphatic rings. The number of benzene rings is 2. The Morgan fingerprint density at radius 3 is 2.19 bits per heavy atom. The minimum Gasteiger partial charge on any atom is -1.00 e. The second-order valence-corrected chi connectivity index (χ2v) is 10.4. The van der Waals surface area contributed by atoms with Gasteiger partial charge in [0.1, 0.15) is 0 Å². The summed E-state index contributed by atoms with van der Waals surface area (Å²) in [5.74, 6) is 0.950. The summed E-state index contributed by atoms with van der Waals surface area (Å²) in [6.45, 7) is 18.0. The maximum Gasteiger partial charge on any atom is 0.0382 e. The van der Waals surface area contributed by atoms with Crippen LogP contribution in [0.2, 0.25) is 0 Å². The fraction of sp³-hybridized carbons (Fsp3) is 0.519. The molecule has 3 rings (SSSR count). The number of halogens is 2. The first-order valence-electron chi connectivity index (χ1n) is 11.0. The van der Waals surface area contributed by atoms with Gasteiger partial charge in [0.15, 0.2) is 0 Å². The van der Waals surface area contributed by atoms with Gasteiger partial charge in [-0.25, -0.2) is 0 Å². The van der Waals surface area contributed by atoms with Crippen LogP contribution in [0.4, 0.5) is 0 Å². The number of aryl methyl sites for hydroxylation is 2. The van der Waals surface area contributed by atoms with Gasteiger partial charge in [-0.2, -0.15) is 0 Å². The monoisotopic (exact) mass is 565 g/mol. The van der Waals surface area contributed by atoms with Gasteiger partial charge in [0.2, 0.25) is 0 Å². The maximum absolute atomic E-state index is 5.59. The van der Waals surface area contributed by atoms with Crippen LogP contribution in [0.5, 0.6) is 5.75 Å². The van der Waals surface area contributed by atoms with Crippen LogP contribution in [0.3, 0.4) is 0 Å². The van der Waals surface area contributed by atoms with Crippen LogP contribution in [0.25, 0.3) is 0 Å². The van der Waals surface area contributed by atoms with E-state index in [-0.39, 0.29) is 36.5 Å². The van der Waals surface area contributed by atoms with Crippen molar-refractivity contribution < 1.29 is 47.4 Å². The Bertz CT molecular complexity index is 864. The molecule has 5 heteroatoms. The summed E-state index contributed by atoms with van der Waals surface area (Å²) in [6.07, 6.45) is 2.58. The van der Waals surface area contributed by atoms with E-state index in [9.17, 15) is 0 Å². The normalized spacial score (nSPS) is 18.0. The molecule has 1 atom stereocenters. The van der Waals surface area contributed by atoms with E-state index in [2.05, 4.69) is 82.9 Å². The zero-order valence-corrected chi connectivity index (χ0v) is 24.0. The topological polar surface area (TPSA) is 21.3 Å². The fourth-order valence-electron chi connectivity index (χ4n) is 4.73. The SMILES string of the molecule is CC(C)Oc1ccccc1[CH]=[Ru+2].CCc1cccc(C)c1C1NC(C)(C)CC1(C)C.[Cl-].[Cl-]. The summed E-state index contributed by atoms with van der Waals surface area (Å²) in [5.41, 5.74) is 6.15. The number of hydrogen-bond donors (Lipinski definition) is 1. The molecule has 32 heavy (non-hydrogen) atoms. The van der Waals surface area contributed by atoms with E-state index >= 15 is 0 Å². The molecule has 2 nitrogen and oxygen atoms in total. The smallest absolute Gasteiger partial charge is 0.0382 e. The van der Waals surface area contributed by atoms with Crippen LogP contribution in [-0.4, -0.2) is 16.3 Å². The van der Waals surface area contributed by atoms with Crippen molar-refractivity contribution >= 4 is 4.61 Å². The fourth-order valence-corrected chi connectivity index (χ4v) is 5.14. The van der Waals surface area contributed by atoms with Crippen LogP contribution >= 0.6 is 0 Å². The molecule has 180 valence electrons. The second-order valence-electron chi connectivity index (χ2n) is 9.93. The molecule has 2 aromatic carbocycles. The van der Waals surface area contributed by atoms with E-state index in [0.717, 1.165) is 17.7 Å². The molecule has 1 fully saturated rings. The minimum absolute atomic E-state index is 0. The van der Waals surface area contributed by atoms with Crippen LogP contribution in [0.15, 0.2) is 42.5 Å². The number of ether oxygens (including phenoxy) is 1. The van der Waals surface area contributed by atoms with Gasteiger partial charge in [-0.05, 0) is 55.7 Å². The molecule has 0 radical (unpaired) electrons. The van der Waals surface area contributed by atoms with E-state index in [1.807, 2.05) is 42.7 Å². The zero-order chi connectivity index (χ0) is 22.5. The first-order chi connectivity index (χ1) is 14.0. The molecule has 1 heterocycles. The Labute approximate surface area is 218 Å². The quantitative estimate of drug-likeness (QED) is 0.536. The summed E-state index contributed by atoms with van der Waals surface area (Å²) < 4.78 is 7.58. The molecular weight excluding hydrogens is 526 g/mol.